The number of hydrogen-bond donors (Lipinski definition) is 1. The number of sulfone groups is 1. The minimum Gasteiger partial charge on any atom is -0.449 e. The fourth-order valence-electron chi connectivity index (χ4n) is 2.03. The first-order chi connectivity index (χ1) is 10.4. The van der Waals surface area contributed by atoms with E-state index in [0.717, 1.165) is 5.56 Å². The molecule has 1 aliphatic heterocycles. The highest BCUT2D eigenvalue weighted by atomic mass is 32.2. The Bertz CT molecular complexity index is 663. The summed E-state index contributed by atoms with van der Waals surface area (Å²) in [6, 6.07) is 1.45. The number of hydrogen-bond acceptors (Lipinski definition) is 6. The van der Waals surface area contributed by atoms with Gasteiger partial charge in [0.1, 0.15) is 0 Å². The Morgan fingerprint density at radius 3 is 2.86 bits per heavy atom. The van der Waals surface area contributed by atoms with E-state index in [-0.39, 0.29) is 11.5 Å². The van der Waals surface area contributed by atoms with Crippen molar-refractivity contribution in [3.8, 4) is 0 Å². The van der Waals surface area contributed by atoms with Crippen LogP contribution in [0.3, 0.4) is 0 Å². The molecule has 2 heterocycles. The van der Waals surface area contributed by atoms with Crippen molar-refractivity contribution in [2.24, 2.45) is 0 Å². The molecule has 1 aliphatic rings. The standard InChI is InChI=1S/C14H17NO5S2/c1-10(14(17)15-12-5-7-22(18,19)9-12)20-13(16)3-2-11-4-6-21-8-11/h2-4,6,8,10,12H,5,7,9H2,1H3,(H,15,17)/b3-2+/t10-,12+/m0/s1. The maximum atomic E-state index is 11.9. The van der Waals surface area contributed by atoms with E-state index in [1.165, 1.54) is 24.3 Å². The van der Waals surface area contributed by atoms with Gasteiger partial charge >= 0.3 is 5.97 Å². The summed E-state index contributed by atoms with van der Waals surface area (Å²) in [4.78, 5) is 23.5. The first kappa shape index (κ1) is 16.7. The van der Waals surface area contributed by atoms with E-state index < -0.39 is 33.9 Å². The fourth-order valence-corrected chi connectivity index (χ4v) is 4.33. The third-order valence-corrected chi connectivity index (χ3v) is 5.67. The van der Waals surface area contributed by atoms with Gasteiger partial charge in [-0.25, -0.2) is 13.2 Å². The van der Waals surface area contributed by atoms with E-state index in [0.29, 0.717) is 6.42 Å². The van der Waals surface area contributed by atoms with Crippen molar-refractivity contribution in [2.75, 3.05) is 11.5 Å². The Balaban J connectivity index is 1.80. The van der Waals surface area contributed by atoms with Gasteiger partial charge in [-0.15, -0.1) is 0 Å². The van der Waals surface area contributed by atoms with Crippen LogP contribution in [0.1, 0.15) is 18.9 Å². The fraction of sp³-hybridized carbons (Fsp3) is 0.429. The van der Waals surface area contributed by atoms with Gasteiger partial charge in [0.05, 0.1) is 11.5 Å². The largest absolute Gasteiger partial charge is 0.449 e. The second kappa shape index (κ2) is 7.06. The molecule has 1 aromatic heterocycles. The van der Waals surface area contributed by atoms with Crippen LogP contribution in [0.4, 0.5) is 0 Å². The van der Waals surface area contributed by atoms with Crippen LogP contribution < -0.4 is 5.32 Å². The van der Waals surface area contributed by atoms with E-state index in [4.69, 9.17) is 4.74 Å². The molecular weight excluding hydrogens is 326 g/mol. The summed E-state index contributed by atoms with van der Waals surface area (Å²) in [5, 5.41) is 6.35. The summed E-state index contributed by atoms with van der Waals surface area (Å²) in [5.41, 5.74) is 0.884. The summed E-state index contributed by atoms with van der Waals surface area (Å²) in [5.74, 6) is -1.08. The molecule has 1 saturated heterocycles. The van der Waals surface area contributed by atoms with E-state index in [9.17, 15) is 18.0 Å². The number of ether oxygens (including phenoxy) is 1. The Morgan fingerprint density at radius 2 is 2.27 bits per heavy atom. The second-order valence-electron chi connectivity index (χ2n) is 5.08. The molecule has 0 unspecified atom stereocenters. The topological polar surface area (TPSA) is 89.5 Å². The van der Waals surface area contributed by atoms with Crippen molar-refractivity contribution in [1.82, 2.24) is 5.32 Å². The van der Waals surface area contributed by atoms with Gasteiger partial charge in [0.25, 0.3) is 5.91 Å². The van der Waals surface area contributed by atoms with Crippen molar-refractivity contribution in [3.63, 3.8) is 0 Å². The molecule has 0 spiro atoms. The van der Waals surface area contributed by atoms with Crippen LogP contribution in [-0.4, -0.2) is 43.9 Å². The van der Waals surface area contributed by atoms with Crippen molar-refractivity contribution >= 4 is 39.1 Å². The van der Waals surface area contributed by atoms with Crippen molar-refractivity contribution < 1.29 is 22.7 Å². The molecule has 1 aromatic rings. The summed E-state index contributed by atoms with van der Waals surface area (Å²) >= 11 is 1.51. The molecule has 0 aromatic carbocycles. The maximum absolute atomic E-state index is 11.9. The van der Waals surface area contributed by atoms with Gasteiger partial charge in [-0.05, 0) is 41.8 Å². The lowest BCUT2D eigenvalue weighted by Gasteiger charge is -2.15. The van der Waals surface area contributed by atoms with E-state index in [2.05, 4.69) is 5.32 Å². The van der Waals surface area contributed by atoms with E-state index in [1.807, 2.05) is 16.8 Å². The van der Waals surface area contributed by atoms with Crippen molar-refractivity contribution in [3.05, 3.63) is 28.5 Å². The van der Waals surface area contributed by atoms with E-state index in [1.54, 1.807) is 6.08 Å². The number of esters is 1. The van der Waals surface area contributed by atoms with Gasteiger partial charge < -0.3 is 10.1 Å². The zero-order valence-corrected chi connectivity index (χ0v) is 13.7. The van der Waals surface area contributed by atoms with Gasteiger partial charge in [-0.2, -0.15) is 11.3 Å². The van der Waals surface area contributed by atoms with Gasteiger partial charge in [0.2, 0.25) is 0 Å². The summed E-state index contributed by atoms with van der Waals surface area (Å²) < 4.78 is 27.6. The minimum absolute atomic E-state index is 0.0581. The predicted molar refractivity (Wildman–Crippen MR) is 84.1 cm³/mol. The van der Waals surface area contributed by atoms with E-state index >= 15 is 0 Å². The monoisotopic (exact) mass is 343 g/mol. The molecule has 2 atom stereocenters. The highest BCUT2D eigenvalue weighted by molar-refractivity contribution is 7.91. The number of thiophene rings is 1. The number of rotatable bonds is 5. The predicted octanol–water partition coefficient (Wildman–Crippen LogP) is 0.996. The molecule has 6 nitrogen and oxygen atoms in total. The van der Waals surface area contributed by atoms with Crippen molar-refractivity contribution in [1.29, 1.82) is 0 Å². The molecule has 22 heavy (non-hydrogen) atoms. The lowest BCUT2D eigenvalue weighted by molar-refractivity contribution is -0.150. The van der Waals surface area contributed by atoms with Crippen LogP contribution in [0.15, 0.2) is 22.9 Å². The molecule has 1 fully saturated rings. The average molecular weight is 343 g/mol. The molecule has 2 rings (SSSR count). The van der Waals surface area contributed by atoms with Gasteiger partial charge in [0, 0.05) is 12.1 Å². The molecule has 8 heteroatoms. The third-order valence-electron chi connectivity index (χ3n) is 3.20. The normalized spacial score (nSPS) is 21.6. The smallest absolute Gasteiger partial charge is 0.331 e. The number of nitrogens with one attached hydrogen (secondary N) is 1. The second-order valence-corrected chi connectivity index (χ2v) is 8.09. The number of carbonyl (C=O) groups is 2. The van der Waals surface area contributed by atoms with Crippen LogP contribution in [0.25, 0.3) is 6.08 Å². The van der Waals surface area contributed by atoms with Gasteiger partial charge in [-0.3, -0.25) is 4.79 Å². The third kappa shape index (κ3) is 4.96. The molecule has 1 N–H and O–H groups in total. The SMILES string of the molecule is C[C@H](OC(=O)/C=C/c1ccsc1)C(=O)N[C@@H]1CCS(=O)(=O)C1. The van der Waals surface area contributed by atoms with Crippen LogP contribution in [0, 0.1) is 0 Å². The molecule has 120 valence electrons. The van der Waals surface area contributed by atoms with Gasteiger partial charge in [0.15, 0.2) is 15.9 Å². The average Bonchev–Trinajstić information content (AvgIpc) is 3.06. The highest BCUT2D eigenvalue weighted by Crippen LogP contribution is 2.12. The van der Waals surface area contributed by atoms with Crippen LogP contribution in [0.2, 0.25) is 0 Å². The summed E-state index contributed by atoms with van der Waals surface area (Å²) in [7, 11) is -3.06. The van der Waals surface area contributed by atoms with Crippen LogP contribution in [0.5, 0.6) is 0 Å². The quantitative estimate of drug-likeness (QED) is 0.636. The molecule has 0 bridgehead atoms. The summed E-state index contributed by atoms with van der Waals surface area (Å²) in [6.07, 6.45) is 2.29. The molecule has 0 aliphatic carbocycles. The van der Waals surface area contributed by atoms with Crippen LogP contribution >= 0.6 is 11.3 Å². The zero-order chi connectivity index (χ0) is 16.2. The number of amides is 1. The molecule has 0 radical (unpaired) electrons. The highest BCUT2D eigenvalue weighted by Gasteiger charge is 2.30. The zero-order valence-electron chi connectivity index (χ0n) is 12.0. The number of carbonyl (C=O) groups excluding carboxylic acids is 2. The lowest BCUT2D eigenvalue weighted by Crippen LogP contribution is -2.42. The first-order valence-corrected chi connectivity index (χ1v) is 9.54. The van der Waals surface area contributed by atoms with Crippen molar-refractivity contribution in [2.45, 2.75) is 25.5 Å². The summed E-state index contributed by atoms with van der Waals surface area (Å²) in [6.45, 7) is 1.45. The molecule has 0 saturated carbocycles. The molecular formula is C14H17NO5S2. The maximum Gasteiger partial charge on any atom is 0.331 e. The minimum atomic E-state index is -3.06. The van der Waals surface area contributed by atoms with Gasteiger partial charge in [-0.1, -0.05) is 0 Å². The Morgan fingerprint density at radius 1 is 1.50 bits per heavy atom. The Hall–Kier alpha value is -1.67. The van der Waals surface area contributed by atoms with Crippen LogP contribution in [-0.2, 0) is 24.2 Å². The Kier molecular flexibility index (Phi) is 5.36. The lowest BCUT2D eigenvalue weighted by atomic mass is 10.2. The first-order valence-electron chi connectivity index (χ1n) is 6.77. The Labute approximate surface area is 133 Å². The molecule has 1 amide bonds.